The van der Waals surface area contributed by atoms with E-state index in [9.17, 15) is 0 Å². The number of hydrogen-bond donors (Lipinski definition) is 0. The molecule has 0 N–H and O–H groups in total. The highest BCUT2D eigenvalue weighted by atomic mass is 35.5. The topological polar surface area (TPSA) is 0 Å². The molecule has 0 saturated heterocycles. The molecule has 16 heavy (non-hydrogen) atoms. The van der Waals surface area contributed by atoms with Crippen LogP contribution in [0.25, 0.3) is 0 Å². The van der Waals surface area contributed by atoms with Crippen molar-refractivity contribution in [1.29, 1.82) is 0 Å². The maximum absolute atomic E-state index is 3.84. The third kappa shape index (κ3) is 2.87. The van der Waals surface area contributed by atoms with Crippen molar-refractivity contribution in [3.05, 3.63) is 48.6 Å². The molecule has 0 aliphatic carbocycles. The molecule has 1 rings (SSSR count). The quantitative estimate of drug-likeness (QED) is 0.520. The average molecular weight is 240 g/mol. The number of rotatable bonds is 4. The summed E-state index contributed by atoms with van der Waals surface area (Å²) in [4.78, 5) is 0. The highest BCUT2D eigenvalue weighted by Gasteiger charge is 2.36. The van der Waals surface area contributed by atoms with Gasteiger partial charge in [-0.15, -0.1) is 0 Å². The van der Waals surface area contributed by atoms with Crippen molar-refractivity contribution in [1.82, 2.24) is 0 Å². The van der Waals surface area contributed by atoms with Crippen LogP contribution in [0.1, 0.15) is 19.4 Å². The zero-order valence-electron chi connectivity index (χ0n) is 10.7. The Morgan fingerprint density at radius 2 is 1.69 bits per heavy atom. The van der Waals surface area contributed by atoms with E-state index in [1.54, 1.807) is 0 Å². The van der Waals surface area contributed by atoms with E-state index < -0.39 is 0 Å². The Morgan fingerprint density at radius 3 is 2.12 bits per heavy atom. The monoisotopic (exact) mass is 239 g/mol. The fraction of sp³-hybridized carbons (Fsp3) is 0.429. The second-order valence-corrected chi connectivity index (χ2v) is 5.08. The summed E-state index contributed by atoms with van der Waals surface area (Å²) in [5.74, 6) is 0. The maximum atomic E-state index is 3.84. The molecule has 90 valence electrons. The fourth-order valence-electron chi connectivity index (χ4n) is 1.75. The molecule has 0 fully saturated rings. The van der Waals surface area contributed by atoms with Crippen LogP contribution in [0.3, 0.4) is 0 Å². The van der Waals surface area contributed by atoms with Gasteiger partial charge in [-0.05, 0) is 19.9 Å². The van der Waals surface area contributed by atoms with Gasteiger partial charge in [0, 0.05) is 5.56 Å². The Morgan fingerprint density at radius 1 is 1.19 bits per heavy atom. The van der Waals surface area contributed by atoms with Crippen molar-refractivity contribution in [2.24, 2.45) is 0 Å². The summed E-state index contributed by atoms with van der Waals surface area (Å²) >= 11 is 0. The minimum absolute atomic E-state index is 0. The summed E-state index contributed by atoms with van der Waals surface area (Å²) in [6.07, 6.45) is 1.99. The highest BCUT2D eigenvalue weighted by molar-refractivity contribution is 5.20. The van der Waals surface area contributed by atoms with Gasteiger partial charge in [-0.25, -0.2) is 0 Å². The molecule has 0 radical (unpaired) electrons. The predicted molar refractivity (Wildman–Crippen MR) is 66.6 cm³/mol. The molecule has 0 bridgehead atoms. The summed E-state index contributed by atoms with van der Waals surface area (Å²) in [5, 5.41) is 0. The lowest BCUT2D eigenvalue weighted by atomic mass is 9.90. The van der Waals surface area contributed by atoms with E-state index in [1.807, 2.05) is 6.08 Å². The summed E-state index contributed by atoms with van der Waals surface area (Å²) in [6.45, 7) is 9.38. The summed E-state index contributed by atoms with van der Waals surface area (Å²) in [5.41, 5.74) is 1.48. The summed E-state index contributed by atoms with van der Waals surface area (Å²) < 4.78 is 0.917. The van der Waals surface area contributed by atoms with Crippen molar-refractivity contribution in [3.8, 4) is 0 Å². The summed E-state index contributed by atoms with van der Waals surface area (Å²) in [6, 6.07) is 10.7. The summed E-state index contributed by atoms with van der Waals surface area (Å²) in [7, 11) is 4.49. The van der Waals surface area contributed by atoms with E-state index in [1.165, 1.54) is 5.56 Å². The van der Waals surface area contributed by atoms with Crippen molar-refractivity contribution < 1.29 is 16.9 Å². The molecule has 0 amide bonds. The molecular weight excluding hydrogens is 218 g/mol. The van der Waals surface area contributed by atoms with Crippen molar-refractivity contribution >= 4 is 0 Å². The molecule has 1 aromatic rings. The van der Waals surface area contributed by atoms with E-state index in [0.717, 1.165) is 11.0 Å². The molecule has 0 atom stereocenters. The zero-order valence-corrected chi connectivity index (χ0v) is 11.5. The van der Waals surface area contributed by atoms with Gasteiger partial charge in [0.1, 0.15) is 5.54 Å². The average Bonchev–Trinajstić information content (AvgIpc) is 2.19. The Kier molecular flexibility index (Phi) is 5.24. The standard InChI is InChI=1S/C14H22N.ClH/c1-6-12-15(4,5)14(2,3)13-10-8-7-9-11-13;/h6-11H,1,12H2,2-5H3;1H/q+1;/p-1. The number of benzene rings is 1. The number of quaternary nitrogens is 1. The Bertz CT molecular complexity index is 328. The normalized spacial score (nSPS) is 11.8. The van der Waals surface area contributed by atoms with Crippen LogP contribution in [-0.2, 0) is 5.54 Å². The molecule has 0 unspecified atom stereocenters. The number of likely N-dealkylation sites (N-methyl/N-ethyl adjacent to an activating group) is 1. The predicted octanol–water partition coefficient (Wildman–Crippen LogP) is 0.188. The molecule has 0 aromatic heterocycles. The zero-order chi connectivity index (χ0) is 11.5. The van der Waals surface area contributed by atoms with Gasteiger partial charge in [0.15, 0.2) is 0 Å². The molecule has 2 heteroatoms. The second kappa shape index (κ2) is 5.51. The van der Waals surface area contributed by atoms with Crippen LogP contribution in [0.15, 0.2) is 43.0 Å². The largest absolute Gasteiger partial charge is 1.00 e. The first-order chi connectivity index (χ1) is 6.92. The van der Waals surface area contributed by atoms with Gasteiger partial charge in [0.25, 0.3) is 0 Å². The first kappa shape index (κ1) is 15.2. The lowest BCUT2D eigenvalue weighted by Gasteiger charge is -2.44. The minimum atomic E-state index is 0. The van der Waals surface area contributed by atoms with Gasteiger partial charge >= 0.3 is 0 Å². The fourth-order valence-corrected chi connectivity index (χ4v) is 1.75. The molecule has 0 aliphatic heterocycles. The van der Waals surface area contributed by atoms with Crippen LogP contribution in [0.2, 0.25) is 0 Å². The molecular formula is C14H22ClN. The first-order valence-corrected chi connectivity index (χ1v) is 5.41. The van der Waals surface area contributed by atoms with Gasteiger partial charge in [0.05, 0.1) is 20.6 Å². The number of halogens is 1. The highest BCUT2D eigenvalue weighted by Crippen LogP contribution is 2.31. The van der Waals surface area contributed by atoms with Crippen LogP contribution >= 0.6 is 0 Å². The number of hydrogen-bond acceptors (Lipinski definition) is 0. The van der Waals surface area contributed by atoms with E-state index in [-0.39, 0.29) is 17.9 Å². The Labute approximate surface area is 106 Å². The maximum Gasteiger partial charge on any atom is 0.119 e. The van der Waals surface area contributed by atoms with Gasteiger partial charge in [0.2, 0.25) is 0 Å². The number of nitrogens with zero attached hydrogens (tertiary/aromatic N) is 1. The first-order valence-electron chi connectivity index (χ1n) is 5.41. The van der Waals surface area contributed by atoms with Gasteiger partial charge in [-0.3, -0.25) is 0 Å². The Hall–Kier alpha value is -0.790. The third-order valence-corrected chi connectivity index (χ3v) is 3.58. The van der Waals surface area contributed by atoms with Crippen LogP contribution in [-0.4, -0.2) is 25.1 Å². The molecule has 0 heterocycles. The van der Waals surface area contributed by atoms with Crippen molar-refractivity contribution in [3.63, 3.8) is 0 Å². The van der Waals surface area contributed by atoms with Crippen LogP contribution < -0.4 is 12.4 Å². The smallest absolute Gasteiger partial charge is 0.119 e. The van der Waals surface area contributed by atoms with Gasteiger partial charge in [-0.2, -0.15) is 0 Å². The van der Waals surface area contributed by atoms with E-state index in [2.05, 4.69) is 64.9 Å². The van der Waals surface area contributed by atoms with Crippen LogP contribution in [0, 0.1) is 0 Å². The molecule has 1 nitrogen and oxygen atoms in total. The molecule has 0 spiro atoms. The van der Waals surface area contributed by atoms with Gasteiger partial charge < -0.3 is 16.9 Å². The molecule has 1 aromatic carbocycles. The van der Waals surface area contributed by atoms with Gasteiger partial charge in [-0.1, -0.05) is 36.9 Å². The second-order valence-electron chi connectivity index (χ2n) is 5.08. The van der Waals surface area contributed by atoms with E-state index in [4.69, 9.17) is 0 Å². The van der Waals surface area contributed by atoms with Crippen LogP contribution in [0.5, 0.6) is 0 Å². The van der Waals surface area contributed by atoms with Crippen molar-refractivity contribution in [2.45, 2.75) is 19.4 Å². The van der Waals surface area contributed by atoms with Crippen LogP contribution in [0.4, 0.5) is 0 Å². The Balaban J connectivity index is 0.00000225. The lowest BCUT2D eigenvalue weighted by Crippen LogP contribution is -3.00. The van der Waals surface area contributed by atoms with Crippen molar-refractivity contribution in [2.75, 3.05) is 20.6 Å². The lowest BCUT2D eigenvalue weighted by molar-refractivity contribution is -0.940. The SMILES string of the molecule is C=CC[N+](C)(C)C(C)(C)c1ccccc1.[Cl-]. The molecule has 0 aliphatic rings. The van der Waals surface area contributed by atoms with E-state index >= 15 is 0 Å². The molecule has 0 saturated carbocycles. The minimum Gasteiger partial charge on any atom is -1.00 e. The third-order valence-electron chi connectivity index (χ3n) is 3.58. The van der Waals surface area contributed by atoms with E-state index in [0.29, 0.717) is 0 Å².